The van der Waals surface area contributed by atoms with Crippen LogP contribution in [0.1, 0.15) is 32.1 Å². The van der Waals surface area contributed by atoms with E-state index in [-0.39, 0.29) is 18.6 Å². The van der Waals surface area contributed by atoms with Crippen molar-refractivity contribution in [3.8, 4) is 0 Å². The zero-order chi connectivity index (χ0) is 13.7. The average Bonchev–Trinajstić information content (AvgIpc) is 2.89. The third kappa shape index (κ3) is 4.47. The number of aliphatic carboxylic acids is 1. The monoisotopic (exact) mass is 270 g/mol. The lowest BCUT2D eigenvalue weighted by Gasteiger charge is -2.27. The van der Waals surface area contributed by atoms with Gasteiger partial charge in [0.25, 0.3) is 0 Å². The lowest BCUT2D eigenvalue weighted by Crippen LogP contribution is -2.45. The molecule has 1 saturated carbocycles. The van der Waals surface area contributed by atoms with Crippen LogP contribution in [-0.2, 0) is 14.3 Å². The molecule has 2 unspecified atom stereocenters. The molecule has 1 amide bonds. The molecule has 6 nitrogen and oxygen atoms in total. The molecule has 1 aliphatic heterocycles. The van der Waals surface area contributed by atoms with E-state index < -0.39 is 11.9 Å². The predicted octanol–water partition coefficient (Wildman–Crippen LogP) is 0.125. The van der Waals surface area contributed by atoms with Gasteiger partial charge >= 0.3 is 5.97 Å². The molecule has 2 fully saturated rings. The van der Waals surface area contributed by atoms with Gasteiger partial charge < -0.3 is 20.5 Å². The standard InChI is InChI=1S/C13H22N2O4/c16-12(15-10-3-1-2-4-10)8-19-11-5-9(13(17)18)6-14-7-11/h9-11,14H,1-8H2,(H,15,16)(H,17,18). The molecule has 1 heterocycles. The zero-order valence-electron chi connectivity index (χ0n) is 11.1. The SMILES string of the molecule is O=C(COC1CNCC(C(=O)O)C1)NC1CCCC1. The van der Waals surface area contributed by atoms with E-state index >= 15 is 0 Å². The maximum absolute atomic E-state index is 11.7. The molecule has 2 atom stereocenters. The number of carbonyl (C=O) groups excluding carboxylic acids is 1. The second-order valence-electron chi connectivity index (χ2n) is 5.41. The second-order valence-corrected chi connectivity index (χ2v) is 5.41. The van der Waals surface area contributed by atoms with Gasteiger partial charge in [-0.1, -0.05) is 12.8 Å². The molecule has 0 radical (unpaired) electrons. The van der Waals surface area contributed by atoms with Crippen molar-refractivity contribution in [2.75, 3.05) is 19.7 Å². The highest BCUT2D eigenvalue weighted by molar-refractivity contribution is 5.77. The molecule has 108 valence electrons. The third-order valence-corrected chi connectivity index (χ3v) is 3.83. The molecule has 2 rings (SSSR count). The fraction of sp³-hybridized carbons (Fsp3) is 0.846. The molecule has 1 aliphatic carbocycles. The molecule has 0 spiro atoms. The van der Waals surface area contributed by atoms with E-state index in [9.17, 15) is 9.59 Å². The Morgan fingerprint density at radius 1 is 1.26 bits per heavy atom. The van der Waals surface area contributed by atoms with Gasteiger partial charge in [0.05, 0.1) is 12.0 Å². The summed E-state index contributed by atoms with van der Waals surface area (Å²) in [6.45, 7) is 1.11. The van der Waals surface area contributed by atoms with Crippen LogP contribution in [0.4, 0.5) is 0 Å². The van der Waals surface area contributed by atoms with E-state index in [0.717, 1.165) is 12.8 Å². The zero-order valence-corrected chi connectivity index (χ0v) is 11.1. The number of carboxylic acid groups (broad SMARTS) is 1. The van der Waals surface area contributed by atoms with Gasteiger partial charge in [0, 0.05) is 19.1 Å². The molecular formula is C13H22N2O4. The number of nitrogens with one attached hydrogen (secondary N) is 2. The first-order valence-corrected chi connectivity index (χ1v) is 6.99. The van der Waals surface area contributed by atoms with Gasteiger partial charge in [-0.05, 0) is 19.3 Å². The van der Waals surface area contributed by atoms with E-state index in [2.05, 4.69) is 10.6 Å². The molecule has 1 saturated heterocycles. The Kier molecular flexibility index (Phi) is 5.15. The fourth-order valence-corrected chi connectivity index (χ4v) is 2.75. The maximum Gasteiger partial charge on any atom is 0.307 e. The summed E-state index contributed by atoms with van der Waals surface area (Å²) in [5, 5.41) is 14.9. The summed E-state index contributed by atoms with van der Waals surface area (Å²) in [7, 11) is 0. The summed E-state index contributed by atoms with van der Waals surface area (Å²) >= 11 is 0. The van der Waals surface area contributed by atoms with Crippen molar-refractivity contribution in [2.45, 2.75) is 44.2 Å². The van der Waals surface area contributed by atoms with Crippen LogP contribution >= 0.6 is 0 Å². The lowest BCUT2D eigenvalue weighted by atomic mass is 9.98. The Morgan fingerprint density at radius 3 is 2.68 bits per heavy atom. The highest BCUT2D eigenvalue weighted by Crippen LogP contribution is 2.17. The van der Waals surface area contributed by atoms with Crippen LogP contribution < -0.4 is 10.6 Å². The van der Waals surface area contributed by atoms with E-state index in [4.69, 9.17) is 9.84 Å². The van der Waals surface area contributed by atoms with Crippen LogP contribution in [0.3, 0.4) is 0 Å². The third-order valence-electron chi connectivity index (χ3n) is 3.83. The number of carbonyl (C=O) groups is 2. The number of piperidine rings is 1. The van der Waals surface area contributed by atoms with Crippen LogP contribution in [0.2, 0.25) is 0 Å². The van der Waals surface area contributed by atoms with Crippen molar-refractivity contribution in [1.82, 2.24) is 10.6 Å². The van der Waals surface area contributed by atoms with Gasteiger partial charge in [-0.2, -0.15) is 0 Å². The van der Waals surface area contributed by atoms with E-state index in [1.807, 2.05) is 0 Å². The van der Waals surface area contributed by atoms with Gasteiger partial charge in [0.15, 0.2) is 0 Å². The topological polar surface area (TPSA) is 87.7 Å². The summed E-state index contributed by atoms with van der Waals surface area (Å²) in [6.07, 6.45) is 4.75. The average molecular weight is 270 g/mol. The second kappa shape index (κ2) is 6.86. The Balaban J connectivity index is 1.66. The number of ether oxygens (including phenoxy) is 1. The van der Waals surface area contributed by atoms with Crippen molar-refractivity contribution in [2.24, 2.45) is 5.92 Å². The number of rotatable bonds is 5. The summed E-state index contributed by atoms with van der Waals surface area (Å²) in [4.78, 5) is 22.6. The Morgan fingerprint density at radius 2 is 2.00 bits per heavy atom. The first kappa shape index (κ1) is 14.3. The quantitative estimate of drug-likeness (QED) is 0.660. The molecule has 0 aromatic carbocycles. The van der Waals surface area contributed by atoms with Crippen LogP contribution in [0.15, 0.2) is 0 Å². The van der Waals surface area contributed by atoms with Crippen LogP contribution in [0, 0.1) is 5.92 Å². The lowest BCUT2D eigenvalue weighted by molar-refractivity contribution is -0.144. The maximum atomic E-state index is 11.7. The number of carboxylic acids is 1. The van der Waals surface area contributed by atoms with Crippen molar-refractivity contribution in [3.05, 3.63) is 0 Å². The Labute approximate surface area is 112 Å². The van der Waals surface area contributed by atoms with Gasteiger partial charge in [-0.3, -0.25) is 9.59 Å². The van der Waals surface area contributed by atoms with Gasteiger partial charge in [-0.25, -0.2) is 0 Å². The molecule has 0 bridgehead atoms. The van der Waals surface area contributed by atoms with Crippen molar-refractivity contribution >= 4 is 11.9 Å². The molecule has 2 aliphatic rings. The first-order chi connectivity index (χ1) is 9.15. The van der Waals surface area contributed by atoms with Crippen LogP contribution in [-0.4, -0.2) is 48.8 Å². The van der Waals surface area contributed by atoms with Crippen molar-refractivity contribution < 1.29 is 19.4 Å². The van der Waals surface area contributed by atoms with E-state index in [1.165, 1.54) is 12.8 Å². The largest absolute Gasteiger partial charge is 0.481 e. The minimum atomic E-state index is -0.809. The van der Waals surface area contributed by atoms with Gasteiger partial charge in [0.2, 0.25) is 5.91 Å². The molecule has 0 aromatic heterocycles. The van der Waals surface area contributed by atoms with E-state index in [0.29, 0.717) is 25.6 Å². The highest BCUT2D eigenvalue weighted by atomic mass is 16.5. The minimum absolute atomic E-state index is 0.0230. The summed E-state index contributed by atoms with van der Waals surface area (Å²) in [5.74, 6) is -1.32. The van der Waals surface area contributed by atoms with E-state index in [1.54, 1.807) is 0 Å². The molecule has 0 aromatic rings. The number of amides is 1. The normalized spacial score (nSPS) is 28.2. The summed E-state index contributed by atoms with van der Waals surface area (Å²) in [5.41, 5.74) is 0. The molecule has 3 N–H and O–H groups in total. The smallest absolute Gasteiger partial charge is 0.307 e. The predicted molar refractivity (Wildman–Crippen MR) is 68.8 cm³/mol. The molecule has 19 heavy (non-hydrogen) atoms. The minimum Gasteiger partial charge on any atom is -0.481 e. The van der Waals surface area contributed by atoms with Crippen molar-refractivity contribution in [1.29, 1.82) is 0 Å². The number of hydrogen-bond donors (Lipinski definition) is 3. The molecular weight excluding hydrogens is 248 g/mol. The molecule has 6 heteroatoms. The highest BCUT2D eigenvalue weighted by Gasteiger charge is 2.27. The van der Waals surface area contributed by atoms with Gasteiger partial charge in [0.1, 0.15) is 6.61 Å². The summed E-state index contributed by atoms with van der Waals surface area (Å²) in [6, 6.07) is 0.298. The van der Waals surface area contributed by atoms with Crippen LogP contribution in [0.5, 0.6) is 0 Å². The van der Waals surface area contributed by atoms with Crippen molar-refractivity contribution in [3.63, 3.8) is 0 Å². The summed E-state index contributed by atoms with van der Waals surface area (Å²) < 4.78 is 5.50. The van der Waals surface area contributed by atoms with Gasteiger partial charge in [-0.15, -0.1) is 0 Å². The number of hydrogen-bond acceptors (Lipinski definition) is 4. The Bertz CT molecular complexity index is 329. The Hall–Kier alpha value is -1.14. The fourth-order valence-electron chi connectivity index (χ4n) is 2.75. The first-order valence-electron chi connectivity index (χ1n) is 6.99. The van der Waals surface area contributed by atoms with Crippen LogP contribution in [0.25, 0.3) is 0 Å².